The summed E-state index contributed by atoms with van der Waals surface area (Å²) < 4.78 is 38.3. The molecule has 0 aromatic heterocycles. The van der Waals surface area contributed by atoms with Gasteiger partial charge in [0.25, 0.3) is 5.91 Å². The molecule has 1 heterocycles. The standard InChI is InChI=1S/C24H24N2O5S/c27-24(22-11-4-5-12-23(22)31-18-19-7-2-1-3-8-19)25-20-9-6-10-21(17-20)32(28,29)26-13-15-30-16-14-26/h1-12,17H,13-16,18H2,(H,25,27). The van der Waals surface area contributed by atoms with Gasteiger partial charge in [0.15, 0.2) is 0 Å². The first-order valence-electron chi connectivity index (χ1n) is 10.3. The zero-order valence-electron chi connectivity index (χ0n) is 17.4. The van der Waals surface area contributed by atoms with Gasteiger partial charge in [-0.25, -0.2) is 8.42 Å². The minimum Gasteiger partial charge on any atom is -0.488 e. The van der Waals surface area contributed by atoms with Gasteiger partial charge >= 0.3 is 0 Å². The largest absolute Gasteiger partial charge is 0.488 e. The SMILES string of the molecule is O=C(Nc1cccc(S(=O)(=O)N2CCOCC2)c1)c1ccccc1OCc1ccccc1. The molecular weight excluding hydrogens is 428 g/mol. The molecule has 1 fully saturated rings. The summed E-state index contributed by atoms with van der Waals surface area (Å²) >= 11 is 0. The van der Waals surface area contributed by atoms with Gasteiger partial charge in [-0.05, 0) is 35.9 Å². The molecule has 7 nitrogen and oxygen atoms in total. The minimum absolute atomic E-state index is 0.130. The molecule has 32 heavy (non-hydrogen) atoms. The lowest BCUT2D eigenvalue weighted by atomic mass is 10.1. The second-order valence-corrected chi connectivity index (χ2v) is 9.21. The van der Waals surface area contributed by atoms with E-state index in [2.05, 4.69) is 5.32 Å². The Balaban J connectivity index is 1.49. The van der Waals surface area contributed by atoms with E-state index in [1.54, 1.807) is 36.4 Å². The van der Waals surface area contributed by atoms with Crippen LogP contribution in [0.5, 0.6) is 5.75 Å². The van der Waals surface area contributed by atoms with E-state index in [4.69, 9.17) is 9.47 Å². The van der Waals surface area contributed by atoms with Gasteiger partial charge in [-0.1, -0.05) is 48.5 Å². The van der Waals surface area contributed by atoms with Crippen molar-refractivity contribution in [1.29, 1.82) is 0 Å². The van der Waals surface area contributed by atoms with Crippen molar-refractivity contribution < 1.29 is 22.7 Å². The Labute approximate surface area is 187 Å². The van der Waals surface area contributed by atoms with E-state index in [9.17, 15) is 13.2 Å². The lowest BCUT2D eigenvalue weighted by molar-refractivity contribution is 0.0730. The van der Waals surface area contributed by atoms with E-state index in [0.717, 1.165) is 5.56 Å². The number of para-hydroxylation sites is 1. The van der Waals surface area contributed by atoms with Crippen molar-refractivity contribution in [1.82, 2.24) is 4.31 Å². The van der Waals surface area contributed by atoms with Gasteiger partial charge in [-0.15, -0.1) is 0 Å². The van der Waals surface area contributed by atoms with Gasteiger partial charge in [0.2, 0.25) is 10.0 Å². The number of anilines is 1. The summed E-state index contributed by atoms with van der Waals surface area (Å²) in [7, 11) is -3.66. The normalized spacial score (nSPS) is 14.6. The molecule has 0 radical (unpaired) electrons. The number of ether oxygens (including phenoxy) is 2. The number of hydrogen-bond acceptors (Lipinski definition) is 5. The monoisotopic (exact) mass is 452 g/mol. The van der Waals surface area contributed by atoms with E-state index in [-0.39, 0.29) is 10.8 Å². The van der Waals surface area contributed by atoms with Crippen molar-refractivity contribution in [3.05, 3.63) is 90.0 Å². The predicted molar refractivity (Wildman–Crippen MR) is 121 cm³/mol. The molecule has 8 heteroatoms. The number of hydrogen-bond donors (Lipinski definition) is 1. The van der Waals surface area contributed by atoms with Crippen molar-refractivity contribution in [2.24, 2.45) is 0 Å². The fourth-order valence-corrected chi connectivity index (χ4v) is 4.84. The second-order valence-electron chi connectivity index (χ2n) is 7.27. The van der Waals surface area contributed by atoms with Crippen LogP contribution in [0.3, 0.4) is 0 Å². The zero-order valence-corrected chi connectivity index (χ0v) is 18.3. The molecule has 0 unspecified atom stereocenters. The quantitative estimate of drug-likeness (QED) is 0.593. The smallest absolute Gasteiger partial charge is 0.259 e. The van der Waals surface area contributed by atoms with E-state index in [1.807, 2.05) is 30.3 Å². The Morgan fingerprint density at radius 2 is 1.66 bits per heavy atom. The third-order valence-corrected chi connectivity index (χ3v) is 6.96. The fraction of sp³-hybridized carbons (Fsp3) is 0.208. The van der Waals surface area contributed by atoms with Crippen LogP contribution in [0.4, 0.5) is 5.69 Å². The first-order chi connectivity index (χ1) is 15.5. The molecule has 1 saturated heterocycles. The van der Waals surface area contributed by atoms with Crippen molar-refractivity contribution in [2.45, 2.75) is 11.5 Å². The van der Waals surface area contributed by atoms with Gasteiger partial charge in [0.05, 0.1) is 23.7 Å². The highest BCUT2D eigenvalue weighted by Gasteiger charge is 2.26. The van der Waals surface area contributed by atoms with E-state index >= 15 is 0 Å². The van der Waals surface area contributed by atoms with Gasteiger partial charge in [0.1, 0.15) is 12.4 Å². The summed E-state index contributed by atoms with van der Waals surface area (Å²) in [6.45, 7) is 1.69. The molecule has 166 valence electrons. The lowest BCUT2D eigenvalue weighted by Crippen LogP contribution is -2.40. The molecule has 4 rings (SSSR count). The van der Waals surface area contributed by atoms with Crippen molar-refractivity contribution >= 4 is 21.6 Å². The van der Waals surface area contributed by atoms with E-state index in [1.165, 1.54) is 16.4 Å². The maximum absolute atomic E-state index is 12.9. The topological polar surface area (TPSA) is 84.9 Å². The van der Waals surface area contributed by atoms with Crippen LogP contribution in [-0.4, -0.2) is 44.9 Å². The molecule has 1 aliphatic heterocycles. The van der Waals surface area contributed by atoms with Crippen molar-refractivity contribution in [3.63, 3.8) is 0 Å². The molecule has 0 aliphatic carbocycles. The van der Waals surface area contributed by atoms with Crippen LogP contribution < -0.4 is 10.1 Å². The zero-order chi connectivity index (χ0) is 22.4. The predicted octanol–water partition coefficient (Wildman–Crippen LogP) is 3.54. The number of benzene rings is 3. The average Bonchev–Trinajstić information content (AvgIpc) is 2.84. The number of nitrogens with zero attached hydrogens (tertiary/aromatic N) is 1. The maximum Gasteiger partial charge on any atom is 0.259 e. The molecule has 0 saturated carbocycles. The molecule has 1 N–H and O–H groups in total. The molecule has 1 aliphatic rings. The fourth-order valence-electron chi connectivity index (χ4n) is 3.38. The molecule has 0 spiro atoms. The van der Waals surface area contributed by atoms with Crippen LogP contribution in [0.2, 0.25) is 0 Å². The Hall–Kier alpha value is -3.20. The molecule has 0 atom stereocenters. The summed E-state index contributed by atoms with van der Waals surface area (Å²) in [5, 5.41) is 2.79. The van der Waals surface area contributed by atoms with Gasteiger partial charge < -0.3 is 14.8 Å². The summed E-state index contributed by atoms with van der Waals surface area (Å²) in [5.74, 6) is 0.0699. The van der Waals surface area contributed by atoms with Gasteiger partial charge in [-0.2, -0.15) is 4.31 Å². The first kappa shape index (κ1) is 22.0. The highest BCUT2D eigenvalue weighted by Crippen LogP contribution is 2.24. The highest BCUT2D eigenvalue weighted by molar-refractivity contribution is 7.89. The molecule has 1 amide bonds. The van der Waals surface area contributed by atoms with Crippen molar-refractivity contribution in [3.8, 4) is 5.75 Å². The second kappa shape index (κ2) is 9.95. The number of sulfonamides is 1. The Morgan fingerprint density at radius 1 is 0.938 bits per heavy atom. The highest BCUT2D eigenvalue weighted by atomic mass is 32.2. The number of amides is 1. The number of morpholine rings is 1. The molecular formula is C24H24N2O5S. The Kier molecular flexibility index (Phi) is 6.84. The molecule has 3 aromatic rings. The van der Waals surface area contributed by atoms with Gasteiger partial charge in [-0.3, -0.25) is 4.79 Å². The minimum atomic E-state index is -3.66. The van der Waals surface area contributed by atoms with Gasteiger partial charge in [0, 0.05) is 18.8 Å². The van der Waals surface area contributed by atoms with Crippen LogP contribution >= 0.6 is 0 Å². The van der Waals surface area contributed by atoms with Crippen LogP contribution in [0.25, 0.3) is 0 Å². The Bertz CT molecular complexity index is 1180. The Morgan fingerprint density at radius 3 is 2.44 bits per heavy atom. The van der Waals surface area contributed by atoms with E-state index < -0.39 is 10.0 Å². The molecule has 0 bridgehead atoms. The summed E-state index contributed by atoms with van der Waals surface area (Å²) in [5.41, 5.74) is 1.75. The summed E-state index contributed by atoms with van der Waals surface area (Å²) in [4.78, 5) is 13.1. The van der Waals surface area contributed by atoms with Crippen LogP contribution in [0.1, 0.15) is 15.9 Å². The number of rotatable bonds is 7. The number of nitrogens with one attached hydrogen (secondary N) is 1. The van der Waals surface area contributed by atoms with E-state index in [0.29, 0.717) is 49.9 Å². The van der Waals surface area contributed by atoms with Crippen LogP contribution in [0, 0.1) is 0 Å². The lowest BCUT2D eigenvalue weighted by Gasteiger charge is -2.26. The average molecular weight is 453 g/mol. The van der Waals surface area contributed by atoms with Crippen LogP contribution in [0.15, 0.2) is 83.8 Å². The summed E-state index contributed by atoms with van der Waals surface area (Å²) in [6.07, 6.45) is 0. The number of carbonyl (C=O) groups is 1. The first-order valence-corrected chi connectivity index (χ1v) is 11.7. The maximum atomic E-state index is 12.9. The third-order valence-electron chi connectivity index (χ3n) is 5.07. The summed E-state index contributed by atoms with van der Waals surface area (Å²) in [6, 6.07) is 22.9. The molecule has 3 aromatic carbocycles. The van der Waals surface area contributed by atoms with Crippen molar-refractivity contribution in [2.75, 3.05) is 31.6 Å². The number of carbonyl (C=O) groups excluding carboxylic acids is 1. The third kappa shape index (κ3) is 5.16. The van der Waals surface area contributed by atoms with Crippen LogP contribution in [-0.2, 0) is 21.4 Å².